The Balaban J connectivity index is -0.000000793. The molecule has 8 nitrogen and oxygen atoms in total. The zero-order valence-corrected chi connectivity index (χ0v) is 45.6. The number of aryl methyl sites for hydroxylation is 4. The second-order valence-electron chi connectivity index (χ2n) is 18.2. The van der Waals surface area contributed by atoms with Crippen molar-refractivity contribution in [2.75, 3.05) is 0 Å². The SMILES string of the molecule is Cc1cc(-c2cc(C)cc(C(C)(C)C)c2)cc(C(C)(C)C)c1.Cc1cc(-c2cc(C)cc(C(C)(C)C)c2)cc(C(C)(C)C)c1.O=P([O-])([O-])[O-].O=P([O-])([O-])[O-].[Ca+2].[Ca+2].[Ca+2]. The third kappa shape index (κ3) is 26.2. The minimum Gasteiger partial charge on any atom is -0.822 e. The van der Waals surface area contributed by atoms with Gasteiger partial charge in [-0.25, -0.2) is 0 Å². The first kappa shape index (κ1) is 62.2. The van der Waals surface area contributed by atoms with Gasteiger partial charge in [-0.2, -0.15) is 15.6 Å². The van der Waals surface area contributed by atoms with Gasteiger partial charge in [0, 0.05) is 0 Å². The van der Waals surface area contributed by atoms with Crippen molar-refractivity contribution in [2.24, 2.45) is 0 Å². The van der Waals surface area contributed by atoms with Crippen molar-refractivity contribution in [3.05, 3.63) is 117 Å². The van der Waals surface area contributed by atoms with Crippen LogP contribution in [0.15, 0.2) is 72.8 Å². The van der Waals surface area contributed by atoms with Gasteiger partial charge >= 0.3 is 113 Å². The van der Waals surface area contributed by atoms with Crippen molar-refractivity contribution in [2.45, 2.75) is 132 Å². The standard InChI is InChI=1S/2C22H30.3Ca.2H3O4P/c2*1-15-9-17(13-19(11-15)21(3,4)5)18-10-16(2)12-20(14-18)22(6,7)8;;;;2*1-5(2,3)4/h2*9-14H,1-8H3;;;;2*(H3,1,2,3,4)/q;;3*+2;;/p-6. The van der Waals surface area contributed by atoms with Crippen LogP contribution in [-0.2, 0) is 30.8 Å². The van der Waals surface area contributed by atoms with Crippen LogP contribution in [0.4, 0.5) is 0 Å². The molecule has 0 bridgehead atoms. The fourth-order valence-electron chi connectivity index (χ4n) is 5.53. The monoisotopic (exact) mass is 898 g/mol. The van der Waals surface area contributed by atoms with Crippen LogP contribution in [-0.4, -0.2) is 113 Å². The largest absolute Gasteiger partial charge is 2.00 e. The average molecular weight is 899 g/mol. The van der Waals surface area contributed by atoms with Gasteiger partial charge in [0.2, 0.25) is 0 Å². The van der Waals surface area contributed by atoms with E-state index in [0.717, 1.165) is 0 Å². The van der Waals surface area contributed by atoms with E-state index in [0.29, 0.717) is 0 Å². The molecule has 0 N–H and O–H groups in total. The Morgan fingerprint density at radius 2 is 0.439 bits per heavy atom. The number of hydrogen-bond donors (Lipinski definition) is 0. The molecule has 0 aliphatic carbocycles. The molecule has 0 radical (unpaired) electrons. The van der Waals surface area contributed by atoms with E-state index in [1.165, 1.54) is 66.8 Å². The summed E-state index contributed by atoms with van der Waals surface area (Å²) < 4.78 is 17.1. The van der Waals surface area contributed by atoms with Crippen molar-refractivity contribution >= 4 is 129 Å². The summed E-state index contributed by atoms with van der Waals surface area (Å²) in [5.74, 6) is 0. The molecule has 0 spiro atoms. The topological polar surface area (TPSA) is 172 Å². The molecule has 13 heteroatoms. The predicted octanol–water partition coefficient (Wildman–Crippen LogP) is 6.34. The van der Waals surface area contributed by atoms with Crippen molar-refractivity contribution in [1.29, 1.82) is 0 Å². The molecule has 0 fully saturated rings. The zero-order valence-electron chi connectivity index (χ0n) is 37.2. The Hall–Kier alpha value is 0.879. The molecule has 0 unspecified atom stereocenters. The van der Waals surface area contributed by atoms with E-state index in [2.05, 4.69) is 184 Å². The van der Waals surface area contributed by atoms with E-state index < -0.39 is 15.6 Å². The first-order valence-corrected chi connectivity index (χ1v) is 20.8. The van der Waals surface area contributed by atoms with Crippen LogP contribution in [0.25, 0.3) is 22.3 Å². The molecule has 0 amide bonds. The van der Waals surface area contributed by atoms with Gasteiger partial charge in [-0.15, -0.1) is 0 Å². The Kier molecular flexibility index (Phi) is 26.9. The van der Waals surface area contributed by atoms with E-state index in [-0.39, 0.29) is 135 Å². The number of benzene rings is 4. The third-order valence-electron chi connectivity index (χ3n) is 8.44. The molecule has 0 aliphatic rings. The summed E-state index contributed by atoms with van der Waals surface area (Å²) in [7, 11) is -10.8. The van der Waals surface area contributed by atoms with Crippen LogP contribution in [0.3, 0.4) is 0 Å². The van der Waals surface area contributed by atoms with E-state index in [4.69, 9.17) is 38.5 Å². The molecule has 4 aromatic carbocycles. The maximum Gasteiger partial charge on any atom is 2.00 e. The zero-order chi connectivity index (χ0) is 42.4. The van der Waals surface area contributed by atoms with E-state index >= 15 is 0 Å². The third-order valence-corrected chi connectivity index (χ3v) is 8.44. The van der Waals surface area contributed by atoms with Crippen LogP contribution in [0.1, 0.15) is 128 Å². The van der Waals surface area contributed by atoms with Crippen LogP contribution < -0.4 is 29.4 Å². The van der Waals surface area contributed by atoms with Crippen molar-refractivity contribution in [1.82, 2.24) is 0 Å². The number of phosphoric acid groups is 2. The summed E-state index contributed by atoms with van der Waals surface area (Å²) in [6.07, 6.45) is 0. The van der Waals surface area contributed by atoms with Gasteiger partial charge in [0.05, 0.1) is 0 Å². The maximum atomic E-state index is 8.55. The Bertz CT molecular complexity index is 1690. The van der Waals surface area contributed by atoms with Crippen molar-refractivity contribution < 1.29 is 38.5 Å². The van der Waals surface area contributed by atoms with Gasteiger partial charge in [-0.1, -0.05) is 178 Å². The summed E-state index contributed by atoms with van der Waals surface area (Å²) >= 11 is 0. The van der Waals surface area contributed by atoms with Crippen molar-refractivity contribution in [3.63, 3.8) is 0 Å². The predicted molar refractivity (Wildman–Crippen MR) is 230 cm³/mol. The fraction of sp³-hybridized carbons (Fsp3) is 0.455. The second kappa shape index (κ2) is 24.7. The summed E-state index contributed by atoms with van der Waals surface area (Å²) in [5.41, 5.74) is 17.0. The van der Waals surface area contributed by atoms with Gasteiger partial charge in [0.15, 0.2) is 0 Å². The summed E-state index contributed by atoms with van der Waals surface area (Å²) in [4.78, 5) is 51.3. The molecule has 0 aromatic heterocycles. The van der Waals surface area contributed by atoms with Gasteiger partial charge in [-0.3, -0.25) is 0 Å². The van der Waals surface area contributed by atoms with Crippen molar-refractivity contribution in [3.8, 4) is 22.3 Å². The van der Waals surface area contributed by atoms with E-state index in [1.54, 1.807) is 0 Å². The van der Waals surface area contributed by atoms with Gasteiger partial charge in [0.1, 0.15) is 0 Å². The Morgan fingerprint density at radius 1 is 0.316 bits per heavy atom. The normalized spacial score (nSPS) is 11.8. The molecular formula is C44H60Ca3O8P2. The molecule has 4 rings (SSSR count). The van der Waals surface area contributed by atoms with E-state index in [9.17, 15) is 0 Å². The molecule has 0 heterocycles. The molecule has 0 aliphatic heterocycles. The molecule has 300 valence electrons. The maximum absolute atomic E-state index is 8.55. The second-order valence-corrected chi connectivity index (χ2v) is 20.0. The summed E-state index contributed by atoms with van der Waals surface area (Å²) in [6, 6.07) is 27.9. The van der Waals surface area contributed by atoms with Gasteiger partial charge < -0.3 is 38.5 Å². The van der Waals surface area contributed by atoms with Crippen LogP contribution in [0.5, 0.6) is 0 Å². The molecule has 4 aromatic rings. The first-order chi connectivity index (χ1) is 23.9. The minimum atomic E-state index is -5.39. The van der Waals surface area contributed by atoms with Gasteiger partial charge in [-0.05, 0) is 93.9 Å². The number of rotatable bonds is 2. The Labute approximate surface area is 433 Å². The van der Waals surface area contributed by atoms with Crippen LogP contribution >= 0.6 is 15.6 Å². The average Bonchev–Trinajstić information content (AvgIpc) is 2.93. The van der Waals surface area contributed by atoms with Crippen LogP contribution in [0.2, 0.25) is 0 Å². The quantitative estimate of drug-likeness (QED) is 0.166. The molecule has 0 saturated heterocycles. The van der Waals surface area contributed by atoms with E-state index in [1.807, 2.05) is 0 Å². The molecule has 0 saturated carbocycles. The fourth-order valence-corrected chi connectivity index (χ4v) is 5.53. The van der Waals surface area contributed by atoms with Crippen LogP contribution in [0, 0.1) is 27.7 Å². The number of hydrogen-bond acceptors (Lipinski definition) is 8. The Morgan fingerprint density at radius 3 is 0.544 bits per heavy atom. The first-order valence-electron chi connectivity index (χ1n) is 17.9. The smallest absolute Gasteiger partial charge is 0.822 e. The van der Waals surface area contributed by atoms with Gasteiger partial charge in [0.25, 0.3) is 0 Å². The molecule has 0 atom stereocenters. The molecule has 57 heavy (non-hydrogen) atoms. The summed E-state index contributed by atoms with van der Waals surface area (Å²) in [6.45, 7) is 36.1. The molecular weight excluding hydrogens is 839 g/mol. The minimum absolute atomic E-state index is 0. The summed E-state index contributed by atoms with van der Waals surface area (Å²) in [5, 5.41) is 0.